The van der Waals surface area contributed by atoms with Gasteiger partial charge in [-0.3, -0.25) is 0 Å². The number of nitrogens with zero attached hydrogens (tertiary/aromatic N) is 3. The Labute approximate surface area is 101 Å². The highest BCUT2D eigenvalue weighted by Crippen LogP contribution is 2.22. The SMILES string of the molecule is CCNCCN(C)c1nc(OC)ncc1Cl. The summed E-state index contributed by atoms with van der Waals surface area (Å²) in [5.41, 5.74) is 0. The van der Waals surface area contributed by atoms with Gasteiger partial charge in [0, 0.05) is 20.1 Å². The van der Waals surface area contributed by atoms with Crippen molar-refractivity contribution in [1.82, 2.24) is 15.3 Å². The highest BCUT2D eigenvalue weighted by atomic mass is 35.5. The van der Waals surface area contributed by atoms with Crippen molar-refractivity contribution < 1.29 is 4.74 Å². The molecule has 1 N–H and O–H groups in total. The number of methoxy groups -OCH3 is 1. The first kappa shape index (κ1) is 13.0. The summed E-state index contributed by atoms with van der Waals surface area (Å²) in [5.74, 6) is 0.686. The van der Waals surface area contributed by atoms with E-state index in [2.05, 4.69) is 22.2 Å². The molecule has 0 aromatic carbocycles. The Morgan fingerprint density at radius 2 is 2.31 bits per heavy atom. The number of ether oxygens (including phenoxy) is 1. The van der Waals surface area contributed by atoms with Crippen LogP contribution in [0, 0.1) is 0 Å². The molecule has 1 heterocycles. The lowest BCUT2D eigenvalue weighted by Crippen LogP contribution is -2.29. The summed E-state index contributed by atoms with van der Waals surface area (Å²) < 4.78 is 4.96. The van der Waals surface area contributed by atoms with E-state index in [0.717, 1.165) is 19.6 Å². The van der Waals surface area contributed by atoms with Crippen molar-refractivity contribution in [2.45, 2.75) is 6.92 Å². The molecule has 0 unspecified atom stereocenters. The molecule has 90 valence electrons. The Kier molecular flexibility index (Phi) is 5.28. The smallest absolute Gasteiger partial charge is 0.318 e. The molecule has 0 saturated carbocycles. The molecular formula is C10H17ClN4O. The van der Waals surface area contributed by atoms with Crippen molar-refractivity contribution in [3.05, 3.63) is 11.2 Å². The van der Waals surface area contributed by atoms with Gasteiger partial charge in [-0.05, 0) is 6.54 Å². The second-order valence-electron chi connectivity index (χ2n) is 3.30. The summed E-state index contributed by atoms with van der Waals surface area (Å²) in [7, 11) is 3.47. The van der Waals surface area contributed by atoms with E-state index < -0.39 is 0 Å². The number of nitrogens with one attached hydrogen (secondary N) is 1. The first-order valence-electron chi connectivity index (χ1n) is 5.17. The fourth-order valence-corrected chi connectivity index (χ4v) is 1.47. The quantitative estimate of drug-likeness (QED) is 0.762. The van der Waals surface area contributed by atoms with E-state index in [1.807, 2.05) is 11.9 Å². The van der Waals surface area contributed by atoms with Crippen molar-refractivity contribution in [3.8, 4) is 6.01 Å². The first-order valence-corrected chi connectivity index (χ1v) is 5.55. The molecule has 0 aliphatic rings. The molecule has 16 heavy (non-hydrogen) atoms. The van der Waals surface area contributed by atoms with E-state index >= 15 is 0 Å². The van der Waals surface area contributed by atoms with E-state index in [1.54, 1.807) is 6.20 Å². The molecule has 0 fully saturated rings. The van der Waals surface area contributed by atoms with E-state index in [-0.39, 0.29) is 0 Å². The van der Waals surface area contributed by atoms with E-state index in [9.17, 15) is 0 Å². The summed E-state index contributed by atoms with van der Waals surface area (Å²) >= 11 is 6.02. The van der Waals surface area contributed by atoms with Crippen LogP contribution < -0.4 is 15.0 Å². The van der Waals surface area contributed by atoms with Gasteiger partial charge in [-0.15, -0.1) is 0 Å². The Morgan fingerprint density at radius 1 is 1.56 bits per heavy atom. The van der Waals surface area contributed by atoms with Crippen molar-refractivity contribution in [2.75, 3.05) is 38.7 Å². The zero-order valence-corrected chi connectivity index (χ0v) is 10.6. The average molecular weight is 245 g/mol. The van der Waals surface area contributed by atoms with Gasteiger partial charge in [0.05, 0.1) is 13.3 Å². The van der Waals surface area contributed by atoms with Crippen LogP contribution in [0.5, 0.6) is 6.01 Å². The van der Waals surface area contributed by atoms with E-state index in [0.29, 0.717) is 16.9 Å². The molecular weight excluding hydrogens is 228 g/mol. The van der Waals surface area contributed by atoms with Gasteiger partial charge in [0.1, 0.15) is 5.02 Å². The fourth-order valence-electron chi connectivity index (χ4n) is 1.24. The van der Waals surface area contributed by atoms with Crippen LogP contribution in [0.25, 0.3) is 0 Å². The fraction of sp³-hybridized carbons (Fsp3) is 0.600. The number of anilines is 1. The lowest BCUT2D eigenvalue weighted by molar-refractivity contribution is 0.380. The minimum absolute atomic E-state index is 0.328. The van der Waals surface area contributed by atoms with Crippen molar-refractivity contribution >= 4 is 17.4 Å². The molecule has 0 atom stereocenters. The van der Waals surface area contributed by atoms with Crippen LogP contribution in [0.3, 0.4) is 0 Å². The molecule has 0 bridgehead atoms. The second kappa shape index (κ2) is 6.50. The van der Waals surface area contributed by atoms with Crippen LogP contribution in [-0.2, 0) is 0 Å². The Hall–Kier alpha value is -1.07. The highest BCUT2D eigenvalue weighted by Gasteiger charge is 2.09. The topological polar surface area (TPSA) is 50.3 Å². The first-order chi connectivity index (χ1) is 7.69. The predicted octanol–water partition coefficient (Wildman–Crippen LogP) is 1.18. The molecule has 1 aromatic heterocycles. The van der Waals surface area contributed by atoms with Gasteiger partial charge in [0.25, 0.3) is 0 Å². The van der Waals surface area contributed by atoms with Crippen LogP contribution in [0.2, 0.25) is 5.02 Å². The third-order valence-corrected chi connectivity index (χ3v) is 2.39. The summed E-state index contributed by atoms with van der Waals surface area (Å²) in [6.45, 7) is 4.73. The van der Waals surface area contributed by atoms with Gasteiger partial charge in [0.2, 0.25) is 0 Å². The van der Waals surface area contributed by atoms with Gasteiger partial charge >= 0.3 is 6.01 Å². The van der Waals surface area contributed by atoms with Crippen molar-refractivity contribution in [3.63, 3.8) is 0 Å². The molecule has 0 spiro atoms. The van der Waals surface area contributed by atoms with E-state index in [4.69, 9.17) is 16.3 Å². The zero-order valence-electron chi connectivity index (χ0n) is 9.83. The zero-order chi connectivity index (χ0) is 12.0. The highest BCUT2D eigenvalue weighted by molar-refractivity contribution is 6.32. The number of hydrogen-bond acceptors (Lipinski definition) is 5. The second-order valence-corrected chi connectivity index (χ2v) is 3.71. The lowest BCUT2D eigenvalue weighted by atomic mass is 10.4. The average Bonchev–Trinajstić information content (AvgIpc) is 2.30. The molecule has 5 nitrogen and oxygen atoms in total. The molecule has 0 aliphatic heterocycles. The lowest BCUT2D eigenvalue weighted by Gasteiger charge is -2.19. The van der Waals surface area contributed by atoms with Crippen LogP contribution in [-0.4, -0.2) is 43.8 Å². The summed E-state index contributed by atoms with van der Waals surface area (Å²) in [6, 6.07) is 0.328. The minimum atomic E-state index is 0.328. The molecule has 1 rings (SSSR count). The number of rotatable bonds is 6. The molecule has 0 aliphatic carbocycles. The molecule has 1 aromatic rings. The Morgan fingerprint density at radius 3 is 2.94 bits per heavy atom. The standard InChI is InChI=1S/C10H17ClN4O/c1-4-12-5-6-15(2)9-8(11)7-13-10(14-9)16-3/h7,12H,4-6H2,1-3H3. The minimum Gasteiger partial charge on any atom is -0.467 e. The summed E-state index contributed by atoms with van der Waals surface area (Å²) in [4.78, 5) is 10.1. The van der Waals surface area contributed by atoms with E-state index in [1.165, 1.54) is 7.11 Å². The number of hydrogen-bond donors (Lipinski definition) is 1. The predicted molar refractivity (Wildman–Crippen MR) is 65.4 cm³/mol. The summed E-state index contributed by atoms with van der Waals surface area (Å²) in [6.07, 6.45) is 1.55. The molecule has 0 amide bonds. The number of aromatic nitrogens is 2. The van der Waals surface area contributed by atoms with Crippen LogP contribution in [0.1, 0.15) is 6.92 Å². The third-order valence-electron chi connectivity index (χ3n) is 2.12. The maximum Gasteiger partial charge on any atom is 0.318 e. The van der Waals surface area contributed by atoms with Gasteiger partial charge in [-0.2, -0.15) is 4.98 Å². The summed E-state index contributed by atoms with van der Waals surface area (Å²) in [5, 5.41) is 3.77. The molecule has 6 heteroatoms. The largest absolute Gasteiger partial charge is 0.467 e. The van der Waals surface area contributed by atoms with Gasteiger partial charge < -0.3 is 15.0 Å². The number of halogens is 1. The number of likely N-dealkylation sites (N-methyl/N-ethyl adjacent to an activating group) is 2. The normalized spacial score (nSPS) is 10.2. The van der Waals surface area contributed by atoms with Crippen LogP contribution >= 0.6 is 11.6 Å². The Balaban J connectivity index is 2.69. The molecule has 0 radical (unpaired) electrons. The third kappa shape index (κ3) is 3.50. The maximum atomic E-state index is 6.02. The molecule has 0 saturated heterocycles. The van der Waals surface area contributed by atoms with Crippen LogP contribution in [0.4, 0.5) is 5.82 Å². The van der Waals surface area contributed by atoms with Crippen molar-refractivity contribution in [2.24, 2.45) is 0 Å². The maximum absolute atomic E-state index is 6.02. The van der Waals surface area contributed by atoms with Gasteiger partial charge in [-0.1, -0.05) is 18.5 Å². The Bertz CT molecular complexity index is 335. The van der Waals surface area contributed by atoms with Gasteiger partial charge in [0.15, 0.2) is 5.82 Å². The van der Waals surface area contributed by atoms with Crippen LogP contribution in [0.15, 0.2) is 6.20 Å². The van der Waals surface area contributed by atoms with Gasteiger partial charge in [-0.25, -0.2) is 4.98 Å². The van der Waals surface area contributed by atoms with Crippen molar-refractivity contribution in [1.29, 1.82) is 0 Å². The monoisotopic (exact) mass is 244 g/mol.